The van der Waals surface area contributed by atoms with Crippen LogP contribution in [0.1, 0.15) is 34.8 Å². The highest BCUT2D eigenvalue weighted by molar-refractivity contribution is 7.92. The van der Waals surface area contributed by atoms with Gasteiger partial charge in [0.2, 0.25) is 10.0 Å². The third-order valence-electron chi connectivity index (χ3n) is 4.52. The van der Waals surface area contributed by atoms with Crippen molar-refractivity contribution < 1.29 is 22.7 Å². The molecule has 0 amide bonds. The van der Waals surface area contributed by atoms with Crippen molar-refractivity contribution in [2.75, 3.05) is 23.2 Å². The largest absolute Gasteiger partial charge is 0.457 e. The summed E-state index contributed by atoms with van der Waals surface area (Å²) in [6, 6.07) is 6.89. The average molecular weight is 408 g/mol. The minimum absolute atomic E-state index is 0.0362. The number of carbonyl (C=O) groups is 2. The number of carbonyl (C=O) groups excluding carboxylic acids is 2. The summed E-state index contributed by atoms with van der Waals surface area (Å²) in [6.45, 7) is 1.69. The number of anilines is 1. The summed E-state index contributed by atoms with van der Waals surface area (Å²) >= 11 is 1.57. The molecule has 1 aromatic carbocycles. The quantitative estimate of drug-likeness (QED) is 0.497. The molecule has 144 valence electrons. The van der Waals surface area contributed by atoms with Crippen molar-refractivity contribution >= 4 is 38.8 Å². The van der Waals surface area contributed by atoms with Crippen molar-refractivity contribution in [1.82, 2.24) is 0 Å². The molecule has 0 aliphatic carbocycles. The Hall–Kier alpha value is -2.19. The molecule has 27 heavy (non-hydrogen) atoms. The lowest BCUT2D eigenvalue weighted by Gasteiger charge is -2.18. The number of esters is 1. The van der Waals surface area contributed by atoms with Gasteiger partial charge in [0.15, 0.2) is 12.4 Å². The van der Waals surface area contributed by atoms with Gasteiger partial charge in [-0.05, 0) is 65.9 Å². The van der Waals surface area contributed by atoms with E-state index in [0.29, 0.717) is 30.6 Å². The molecule has 0 saturated carbocycles. The zero-order chi connectivity index (χ0) is 19.4. The van der Waals surface area contributed by atoms with Crippen molar-refractivity contribution in [2.24, 2.45) is 0 Å². The first-order chi connectivity index (χ1) is 12.9. The normalized spacial score (nSPS) is 13.4. The summed E-state index contributed by atoms with van der Waals surface area (Å²) in [6.07, 6.45) is 1.39. The van der Waals surface area contributed by atoms with Gasteiger partial charge in [0, 0.05) is 18.5 Å². The number of fused-ring (bicyclic) bond motifs is 1. The molecular formula is C19H21NO5S2. The Kier molecular flexibility index (Phi) is 5.96. The predicted molar refractivity (Wildman–Crippen MR) is 105 cm³/mol. The van der Waals surface area contributed by atoms with Gasteiger partial charge in [-0.1, -0.05) is 0 Å². The van der Waals surface area contributed by atoms with E-state index in [1.54, 1.807) is 36.5 Å². The summed E-state index contributed by atoms with van der Waals surface area (Å²) in [7, 11) is -3.31. The van der Waals surface area contributed by atoms with Crippen LogP contribution < -0.4 is 4.31 Å². The zero-order valence-electron chi connectivity index (χ0n) is 15.0. The Morgan fingerprint density at radius 2 is 2.07 bits per heavy atom. The highest BCUT2D eigenvalue weighted by Gasteiger charge is 2.28. The van der Waals surface area contributed by atoms with E-state index >= 15 is 0 Å². The first-order valence-electron chi connectivity index (χ1n) is 8.74. The summed E-state index contributed by atoms with van der Waals surface area (Å²) in [5.74, 6) is -0.663. The van der Waals surface area contributed by atoms with Crippen molar-refractivity contribution in [3.63, 3.8) is 0 Å². The average Bonchev–Trinajstić information content (AvgIpc) is 3.33. The fourth-order valence-corrected chi connectivity index (χ4v) is 4.83. The number of Topliss-reactive ketones (excluding diaryl/α,β-unsaturated/α-hetero) is 1. The van der Waals surface area contributed by atoms with Crippen LogP contribution in [0.15, 0.2) is 35.0 Å². The fourth-order valence-electron chi connectivity index (χ4n) is 2.97. The molecule has 1 aromatic heterocycles. The summed E-state index contributed by atoms with van der Waals surface area (Å²) in [4.78, 5) is 24.1. The van der Waals surface area contributed by atoms with Crippen LogP contribution in [0.3, 0.4) is 0 Å². The number of aryl methyl sites for hydroxylation is 1. The maximum absolute atomic E-state index is 12.3. The predicted octanol–water partition coefficient (Wildman–Crippen LogP) is 2.82. The number of sulfonamides is 1. The van der Waals surface area contributed by atoms with Crippen molar-refractivity contribution in [3.8, 4) is 0 Å². The number of thiophene rings is 1. The van der Waals surface area contributed by atoms with E-state index in [1.165, 1.54) is 4.31 Å². The standard InChI is InChI=1S/C19H21NO5S2/c1-2-27(23,24)20-9-7-15-11-16(4-5-17(15)20)18(21)12-25-19(22)6-3-14-8-10-26-13-14/h4-5,8,10-11,13H,2-3,6-7,9,12H2,1H3. The molecule has 0 unspecified atom stereocenters. The molecule has 0 saturated heterocycles. The Morgan fingerprint density at radius 3 is 2.78 bits per heavy atom. The molecule has 2 heterocycles. The number of ketones is 1. The van der Waals surface area contributed by atoms with Crippen LogP contribution in [0, 0.1) is 0 Å². The van der Waals surface area contributed by atoms with E-state index in [1.807, 2.05) is 16.8 Å². The van der Waals surface area contributed by atoms with E-state index in [9.17, 15) is 18.0 Å². The van der Waals surface area contributed by atoms with Gasteiger partial charge in [0.25, 0.3) is 0 Å². The molecule has 8 heteroatoms. The number of rotatable bonds is 8. The first-order valence-corrected chi connectivity index (χ1v) is 11.3. The van der Waals surface area contributed by atoms with Gasteiger partial charge in [0.05, 0.1) is 11.4 Å². The number of hydrogen-bond donors (Lipinski definition) is 0. The van der Waals surface area contributed by atoms with E-state index in [4.69, 9.17) is 4.74 Å². The maximum Gasteiger partial charge on any atom is 0.306 e. The number of benzene rings is 1. The molecule has 0 bridgehead atoms. The molecule has 2 aromatic rings. The smallest absolute Gasteiger partial charge is 0.306 e. The Balaban J connectivity index is 1.57. The second-order valence-electron chi connectivity index (χ2n) is 6.28. The lowest BCUT2D eigenvalue weighted by molar-refractivity contribution is -0.142. The first kappa shape index (κ1) is 19.6. The molecule has 1 aliphatic heterocycles. The lowest BCUT2D eigenvalue weighted by Crippen LogP contribution is -2.30. The molecule has 3 rings (SSSR count). The van der Waals surface area contributed by atoms with E-state index < -0.39 is 16.0 Å². The Morgan fingerprint density at radius 1 is 1.26 bits per heavy atom. The number of hydrogen-bond acceptors (Lipinski definition) is 6. The molecule has 0 radical (unpaired) electrons. The molecule has 0 spiro atoms. The van der Waals surface area contributed by atoms with Crippen LogP contribution in [0.4, 0.5) is 5.69 Å². The molecular weight excluding hydrogens is 386 g/mol. The topological polar surface area (TPSA) is 80.8 Å². The van der Waals surface area contributed by atoms with Crippen LogP contribution in [-0.2, 0) is 32.4 Å². The van der Waals surface area contributed by atoms with E-state index in [2.05, 4.69) is 0 Å². The van der Waals surface area contributed by atoms with Gasteiger partial charge in [-0.15, -0.1) is 0 Å². The second kappa shape index (κ2) is 8.22. The van der Waals surface area contributed by atoms with Gasteiger partial charge in [-0.2, -0.15) is 11.3 Å². The SMILES string of the molecule is CCS(=O)(=O)N1CCc2cc(C(=O)COC(=O)CCc3ccsc3)ccc21. The van der Waals surface area contributed by atoms with Gasteiger partial charge in [0.1, 0.15) is 0 Å². The Bertz CT molecular complexity index is 935. The monoisotopic (exact) mass is 407 g/mol. The van der Waals surface area contributed by atoms with Crippen LogP contribution in [0.25, 0.3) is 0 Å². The van der Waals surface area contributed by atoms with E-state index in [0.717, 1.165) is 11.1 Å². The summed E-state index contributed by atoms with van der Waals surface area (Å²) in [5.41, 5.74) is 2.95. The third kappa shape index (κ3) is 4.56. The van der Waals surface area contributed by atoms with Crippen molar-refractivity contribution in [2.45, 2.75) is 26.2 Å². The van der Waals surface area contributed by atoms with Crippen molar-refractivity contribution in [1.29, 1.82) is 0 Å². The molecule has 0 atom stereocenters. The molecule has 6 nitrogen and oxygen atoms in total. The fraction of sp³-hybridized carbons (Fsp3) is 0.368. The number of ether oxygens (including phenoxy) is 1. The third-order valence-corrected chi connectivity index (χ3v) is 7.03. The van der Waals surface area contributed by atoms with Crippen LogP contribution >= 0.6 is 11.3 Å². The van der Waals surface area contributed by atoms with Gasteiger partial charge in [-0.25, -0.2) is 8.42 Å². The van der Waals surface area contributed by atoms with Crippen LogP contribution in [-0.4, -0.2) is 39.1 Å². The Labute approximate surface area is 162 Å². The van der Waals surface area contributed by atoms with Gasteiger partial charge in [-0.3, -0.25) is 13.9 Å². The van der Waals surface area contributed by atoms with Crippen LogP contribution in [0.2, 0.25) is 0 Å². The zero-order valence-corrected chi connectivity index (χ0v) is 16.6. The highest BCUT2D eigenvalue weighted by Crippen LogP contribution is 2.31. The summed E-state index contributed by atoms with van der Waals surface area (Å²) < 4.78 is 30.7. The van der Waals surface area contributed by atoms with Crippen molar-refractivity contribution in [3.05, 3.63) is 51.7 Å². The second-order valence-corrected chi connectivity index (χ2v) is 9.24. The van der Waals surface area contributed by atoms with Gasteiger partial charge < -0.3 is 4.74 Å². The minimum atomic E-state index is -3.31. The molecule has 0 fully saturated rings. The highest BCUT2D eigenvalue weighted by atomic mass is 32.2. The maximum atomic E-state index is 12.3. The van der Waals surface area contributed by atoms with Gasteiger partial charge >= 0.3 is 5.97 Å². The summed E-state index contributed by atoms with van der Waals surface area (Å²) in [5, 5.41) is 3.93. The van der Waals surface area contributed by atoms with E-state index in [-0.39, 0.29) is 24.6 Å². The van der Waals surface area contributed by atoms with Crippen LogP contribution in [0.5, 0.6) is 0 Å². The lowest BCUT2D eigenvalue weighted by atomic mass is 10.1. The molecule has 0 N–H and O–H groups in total. The number of nitrogens with zero attached hydrogens (tertiary/aromatic N) is 1. The minimum Gasteiger partial charge on any atom is -0.457 e. The molecule has 1 aliphatic rings.